The van der Waals surface area contributed by atoms with Crippen LogP contribution in [-0.2, 0) is 5.41 Å². The van der Waals surface area contributed by atoms with Crippen molar-refractivity contribution in [2.24, 2.45) is 11.7 Å². The second kappa shape index (κ2) is 5.33. The lowest BCUT2D eigenvalue weighted by Crippen LogP contribution is -2.30. The first-order valence-electron chi connectivity index (χ1n) is 6.47. The van der Waals surface area contributed by atoms with Crippen molar-refractivity contribution in [2.75, 3.05) is 6.54 Å². The van der Waals surface area contributed by atoms with Gasteiger partial charge in [-0.1, -0.05) is 30.3 Å². The molecule has 2 heteroatoms. The van der Waals surface area contributed by atoms with Gasteiger partial charge in [-0.05, 0) is 50.1 Å². The molecule has 2 nitrogen and oxygen atoms in total. The minimum Gasteiger partial charge on any atom is -0.330 e. The van der Waals surface area contributed by atoms with Gasteiger partial charge in [0.2, 0.25) is 0 Å². The molecule has 0 saturated heterocycles. The first kappa shape index (κ1) is 12.1. The second-order valence-electron chi connectivity index (χ2n) is 5.08. The van der Waals surface area contributed by atoms with Gasteiger partial charge in [0.05, 0.1) is 11.5 Å². The molecule has 1 aromatic rings. The van der Waals surface area contributed by atoms with Crippen molar-refractivity contribution in [3.63, 3.8) is 0 Å². The monoisotopic (exact) mass is 228 g/mol. The quantitative estimate of drug-likeness (QED) is 0.864. The number of hydrogen-bond donors (Lipinski definition) is 1. The summed E-state index contributed by atoms with van der Waals surface area (Å²) in [6, 6.07) is 12.8. The van der Waals surface area contributed by atoms with Gasteiger partial charge < -0.3 is 5.73 Å². The third-order valence-electron chi connectivity index (χ3n) is 4.07. The van der Waals surface area contributed by atoms with Crippen LogP contribution in [0.2, 0.25) is 0 Å². The first-order chi connectivity index (χ1) is 8.30. The van der Waals surface area contributed by atoms with E-state index in [1.807, 2.05) is 18.2 Å². The van der Waals surface area contributed by atoms with Crippen molar-refractivity contribution in [3.05, 3.63) is 35.9 Å². The Bertz CT molecular complexity index is 383. The minimum absolute atomic E-state index is 0.244. The molecule has 0 bridgehead atoms. The molecule has 1 saturated carbocycles. The van der Waals surface area contributed by atoms with Crippen molar-refractivity contribution in [2.45, 2.75) is 37.5 Å². The maximum Gasteiger partial charge on any atom is 0.0822 e. The number of hydrogen-bond acceptors (Lipinski definition) is 2. The third-order valence-corrected chi connectivity index (χ3v) is 4.07. The lowest BCUT2D eigenvalue weighted by atomic mass is 9.67. The normalized spacial score (nSPS) is 28.6. The van der Waals surface area contributed by atoms with Crippen molar-refractivity contribution >= 4 is 0 Å². The fraction of sp³-hybridized carbons (Fsp3) is 0.533. The Morgan fingerprint density at radius 1 is 1.24 bits per heavy atom. The van der Waals surface area contributed by atoms with Crippen LogP contribution in [0.5, 0.6) is 0 Å². The molecular formula is C15H20N2. The molecule has 0 aromatic heterocycles. The molecule has 1 aliphatic carbocycles. The van der Waals surface area contributed by atoms with Gasteiger partial charge in [0.15, 0.2) is 0 Å². The largest absolute Gasteiger partial charge is 0.330 e. The van der Waals surface area contributed by atoms with E-state index >= 15 is 0 Å². The van der Waals surface area contributed by atoms with Gasteiger partial charge in [-0.25, -0.2) is 0 Å². The summed E-state index contributed by atoms with van der Waals surface area (Å²) in [5.74, 6) is 0.727. The van der Waals surface area contributed by atoms with Crippen LogP contribution in [0.1, 0.15) is 37.7 Å². The Hall–Kier alpha value is -1.33. The van der Waals surface area contributed by atoms with E-state index in [4.69, 9.17) is 5.73 Å². The number of benzene rings is 1. The van der Waals surface area contributed by atoms with Crippen molar-refractivity contribution in [3.8, 4) is 6.07 Å². The van der Waals surface area contributed by atoms with Gasteiger partial charge in [-0.15, -0.1) is 0 Å². The molecule has 90 valence electrons. The zero-order valence-corrected chi connectivity index (χ0v) is 10.2. The van der Waals surface area contributed by atoms with Gasteiger partial charge in [0.25, 0.3) is 0 Å². The van der Waals surface area contributed by atoms with Gasteiger partial charge in [0, 0.05) is 0 Å². The maximum absolute atomic E-state index is 9.54. The number of nitrogens with two attached hydrogens (primary N) is 1. The molecule has 0 spiro atoms. The molecule has 0 radical (unpaired) electrons. The van der Waals surface area contributed by atoms with Crippen LogP contribution in [0.25, 0.3) is 0 Å². The van der Waals surface area contributed by atoms with E-state index in [-0.39, 0.29) is 5.41 Å². The van der Waals surface area contributed by atoms with Crippen LogP contribution in [0.15, 0.2) is 30.3 Å². The molecule has 0 heterocycles. The molecule has 0 amide bonds. The Balaban J connectivity index is 2.12. The Morgan fingerprint density at radius 3 is 2.41 bits per heavy atom. The zero-order chi connectivity index (χ0) is 12.1. The van der Waals surface area contributed by atoms with Crippen LogP contribution >= 0.6 is 0 Å². The lowest BCUT2D eigenvalue weighted by Gasteiger charge is -2.35. The minimum atomic E-state index is -0.244. The Kier molecular flexibility index (Phi) is 3.81. The summed E-state index contributed by atoms with van der Waals surface area (Å²) in [5, 5.41) is 9.54. The van der Waals surface area contributed by atoms with Gasteiger partial charge in [0.1, 0.15) is 0 Å². The van der Waals surface area contributed by atoms with E-state index < -0.39 is 0 Å². The Labute approximate surface area is 103 Å². The number of nitrogens with zero attached hydrogens (tertiary/aromatic N) is 1. The topological polar surface area (TPSA) is 49.8 Å². The SMILES string of the molecule is N#CC1(c2ccccc2)CCC(CCN)CC1. The Morgan fingerprint density at radius 2 is 1.88 bits per heavy atom. The average molecular weight is 228 g/mol. The molecule has 1 aromatic carbocycles. The van der Waals surface area contributed by atoms with Crippen LogP contribution < -0.4 is 5.73 Å². The predicted molar refractivity (Wildman–Crippen MR) is 69.4 cm³/mol. The van der Waals surface area contributed by atoms with E-state index in [2.05, 4.69) is 18.2 Å². The highest BCUT2D eigenvalue weighted by molar-refractivity contribution is 5.32. The first-order valence-corrected chi connectivity index (χ1v) is 6.47. The molecule has 2 rings (SSSR count). The highest BCUT2D eigenvalue weighted by atomic mass is 14.5. The summed E-state index contributed by atoms with van der Waals surface area (Å²) in [6.45, 7) is 0.773. The fourth-order valence-electron chi connectivity index (χ4n) is 2.92. The van der Waals surface area contributed by atoms with Crippen molar-refractivity contribution < 1.29 is 0 Å². The summed E-state index contributed by atoms with van der Waals surface area (Å²) >= 11 is 0. The molecule has 1 fully saturated rings. The lowest BCUT2D eigenvalue weighted by molar-refractivity contribution is 0.269. The summed E-state index contributed by atoms with van der Waals surface area (Å²) < 4.78 is 0. The third kappa shape index (κ3) is 2.50. The summed E-state index contributed by atoms with van der Waals surface area (Å²) in [6.07, 6.45) is 5.35. The number of nitriles is 1. The average Bonchev–Trinajstić information content (AvgIpc) is 2.41. The van der Waals surface area contributed by atoms with Crippen LogP contribution in [0.4, 0.5) is 0 Å². The summed E-state index contributed by atoms with van der Waals surface area (Å²) in [5.41, 5.74) is 6.55. The highest BCUT2D eigenvalue weighted by Crippen LogP contribution is 2.41. The van der Waals surface area contributed by atoms with E-state index in [0.29, 0.717) is 0 Å². The van der Waals surface area contributed by atoms with E-state index in [1.165, 1.54) is 5.56 Å². The smallest absolute Gasteiger partial charge is 0.0822 e. The van der Waals surface area contributed by atoms with E-state index in [0.717, 1.165) is 44.6 Å². The van der Waals surface area contributed by atoms with Gasteiger partial charge in [-0.3, -0.25) is 0 Å². The van der Waals surface area contributed by atoms with Crippen molar-refractivity contribution in [1.82, 2.24) is 0 Å². The predicted octanol–water partition coefficient (Wildman–Crippen LogP) is 2.99. The second-order valence-corrected chi connectivity index (χ2v) is 5.08. The van der Waals surface area contributed by atoms with E-state index in [9.17, 15) is 5.26 Å². The fourth-order valence-corrected chi connectivity index (χ4v) is 2.92. The van der Waals surface area contributed by atoms with Crippen LogP contribution in [-0.4, -0.2) is 6.54 Å². The molecule has 1 aliphatic rings. The molecule has 0 unspecified atom stereocenters. The zero-order valence-electron chi connectivity index (χ0n) is 10.2. The molecule has 0 atom stereocenters. The van der Waals surface area contributed by atoms with E-state index in [1.54, 1.807) is 0 Å². The summed E-state index contributed by atoms with van der Waals surface area (Å²) in [7, 11) is 0. The van der Waals surface area contributed by atoms with Crippen molar-refractivity contribution in [1.29, 1.82) is 5.26 Å². The van der Waals surface area contributed by atoms with Gasteiger partial charge >= 0.3 is 0 Å². The molecule has 0 aliphatic heterocycles. The molecule has 2 N–H and O–H groups in total. The maximum atomic E-state index is 9.54. The van der Waals surface area contributed by atoms with Crippen LogP contribution in [0, 0.1) is 17.2 Å². The summed E-state index contributed by atoms with van der Waals surface area (Å²) in [4.78, 5) is 0. The standard InChI is InChI=1S/C15H20N2/c16-11-8-13-6-9-15(12-17,10-7-13)14-4-2-1-3-5-14/h1-5,13H,6-11,16H2. The number of rotatable bonds is 3. The van der Waals surface area contributed by atoms with Gasteiger partial charge in [-0.2, -0.15) is 5.26 Å². The highest BCUT2D eigenvalue weighted by Gasteiger charge is 2.36. The molecule has 17 heavy (non-hydrogen) atoms. The van der Waals surface area contributed by atoms with Crippen LogP contribution in [0.3, 0.4) is 0 Å². The molecular weight excluding hydrogens is 208 g/mol.